The summed E-state index contributed by atoms with van der Waals surface area (Å²) in [5.74, 6) is -0.875. The van der Waals surface area contributed by atoms with E-state index < -0.39 is 22.8 Å². The van der Waals surface area contributed by atoms with E-state index in [2.05, 4.69) is 0 Å². The molecule has 0 radical (unpaired) electrons. The summed E-state index contributed by atoms with van der Waals surface area (Å²) in [6.45, 7) is 5.31. The topological polar surface area (TPSA) is 43.4 Å². The molecule has 0 spiro atoms. The van der Waals surface area contributed by atoms with Gasteiger partial charge in [0.1, 0.15) is 22.6 Å². The van der Waals surface area contributed by atoms with Crippen LogP contribution in [0.2, 0.25) is 0 Å². The number of benzene rings is 1. The second-order valence-electron chi connectivity index (χ2n) is 5.99. The third-order valence-corrected chi connectivity index (χ3v) is 3.16. The summed E-state index contributed by atoms with van der Waals surface area (Å²) in [7, 11) is 0. The molecule has 0 amide bonds. The van der Waals surface area contributed by atoms with Gasteiger partial charge in [-0.2, -0.15) is 0 Å². The molecule has 0 bridgehead atoms. The summed E-state index contributed by atoms with van der Waals surface area (Å²) in [6.07, 6.45) is 0.177. The van der Waals surface area contributed by atoms with E-state index in [0.29, 0.717) is 5.56 Å². The van der Waals surface area contributed by atoms with E-state index in [1.54, 1.807) is 32.9 Å². The van der Waals surface area contributed by atoms with Crippen LogP contribution in [-0.4, -0.2) is 17.4 Å². The first-order chi connectivity index (χ1) is 8.73. The van der Waals surface area contributed by atoms with Gasteiger partial charge in [-0.05, 0) is 38.5 Å². The highest BCUT2D eigenvalue weighted by atomic mass is 19.1. The lowest BCUT2D eigenvalue weighted by molar-refractivity contribution is -0.169. The van der Waals surface area contributed by atoms with Crippen molar-refractivity contribution in [1.82, 2.24) is 0 Å². The molecule has 0 aromatic heterocycles. The monoisotopic (exact) mass is 264 g/mol. The van der Waals surface area contributed by atoms with Crippen LogP contribution in [0.4, 0.5) is 4.39 Å². The van der Waals surface area contributed by atoms with Crippen molar-refractivity contribution in [2.75, 3.05) is 0 Å². The van der Waals surface area contributed by atoms with Gasteiger partial charge in [0.15, 0.2) is 0 Å². The van der Waals surface area contributed by atoms with Gasteiger partial charge in [0, 0.05) is 12.8 Å². The number of carbonyl (C=O) groups is 2. The average Bonchev–Trinajstić information content (AvgIpc) is 2.21. The van der Waals surface area contributed by atoms with Crippen molar-refractivity contribution in [3.63, 3.8) is 0 Å². The Hall–Kier alpha value is -1.71. The Morgan fingerprint density at radius 1 is 1.32 bits per heavy atom. The van der Waals surface area contributed by atoms with Crippen molar-refractivity contribution < 1.29 is 18.7 Å². The highest BCUT2D eigenvalue weighted by Gasteiger charge is 2.53. The van der Waals surface area contributed by atoms with Gasteiger partial charge in [0.05, 0.1) is 0 Å². The molecule has 1 aliphatic carbocycles. The number of hydrogen-bond acceptors (Lipinski definition) is 3. The molecule has 1 aromatic carbocycles. The Kier molecular flexibility index (Phi) is 3.20. The van der Waals surface area contributed by atoms with Gasteiger partial charge in [0.25, 0.3) is 0 Å². The highest BCUT2D eigenvalue weighted by Crippen LogP contribution is 2.43. The minimum absolute atomic E-state index is 0.00452. The number of ether oxygens (including phenoxy) is 1. The molecule has 0 N–H and O–H groups in total. The van der Waals surface area contributed by atoms with E-state index in [9.17, 15) is 14.0 Å². The summed E-state index contributed by atoms with van der Waals surface area (Å²) >= 11 is 0. The fourth-order valence-electron chi connectivity index (χ4n) is 2.25. The Morgan fingerprint density at radius 3 is 2.42 bits per heavy atom. The zero-order chi connectivity index (χ0) is 14.3. The number of halogens is 1. The molecule has 0 saturated heterocycles. The summed E-state index contributed by atoms with van der Waals surface area (Å²) < 4.78 is 18.7. The fraction of sp³-hybridized carbons (Fsp3) is 0.467. The number of hydrogen-bond donors (Lipinski definition) is 0. The predicted molar refractivity (Wildman–Crippen MR) is 68.2 cm³/mol. The lowest BCUT2D eigenvalue weighted by Crippen LogP contribution is -2.51. The Morgan fingerprint density at radius 2 is 1.95 bits per heavy atom. The van der Waals surface area contributed by atoms with Gasteiger partial charge < -0.3 is 4.74 Å². The van der Waals surface area contributed by atoms with Crippen LogP contribution >= 0.6 is 0 Å². The van der Waals surface area contributed by atoms with Crippen LogP contribution < -0.4 is 0 Å². The van der Waals surface area contributed by atoms with Crippen molar-refractivity contribution in [2.45, 2.75) is 44.6 Å². The molecule has 0 atom stereocenters. The van der Waals surface area contributed by atoms with E-state index >= 15 is 0 Å². The standard InChI is InChI=1S/C15H17FO3/c1-14(2,3)19-13(18)15(8-12(17)9-15)10-5-4-6-11(16)7-10/h4-7H,8-9H2,1-3H3. The van der Waals surface area contributed by atoms with Gasteiger partial charge in [-0.25, -0.2) is 4.39 Å². The van der Waals surface area contributed by atoms with Crippen LogP contribution in [0.25, 0.3) is 0 Å². The summed E-state index contributed by atoms with van der Waals surface area (Å²) in [5.41, 5.74) is -1.12. The van der Waals surface area contributed by atoms with E-state index in [1.165, 1.54) is 12.1 Å². The van der Waals surface area contributed by atoms with Crippen molar-refractivity contribution in [3.8, 4) is 0 Å². The average molecular weight is 264 g/mol. The number of ketones is 1. The molecular formula is C15H17FO3. The molecule has 3 nitrogen and oxygen atoms in total. The zero-order valence-corrected chi connectivity index (χ0v) is 11.3. The molecule has 1 aromatic rings. The first-order valence-corrected chi connectivity index (χ1v) is 6.24. The first kappa shape index (κ1) is 13.7. The molecule has 1 aliphatic rings. The molecule has 0 aliphatic heterocycles. The number of carbonyl (C=O) groups excluding carboxylic acids is 2. The molecular weight excluding hydrogens is 247 g/mol. The largest absolute Gasteiger partial charge is 0.459 e. The number of rotatable bonds is 2. The summed E-state index contributed by atoms with van der Waals surface area (Å²) in [4.78, 5) is 23.7. The Bertz CT molecular complexity index is 520. The second kappa shape index (κ2) is 4.44. The van der Waals surface area contributed by atoms with Crippen LogP contribution in [0.1, 0.15) is 39.2 Å². The lowest BCUT2D eigenvalue weighted by Gasteiger charge is -2.40. The maximum atomic E-state index is 13.3. The molecule has 0 unspecified atom stereocenters. The van der Waals surface area contributed by atoms with Gasteiger partial charge in [-0.15, -0.1) is 0 Å². The van der Waals surface area contributed by atoms with Crippen LogP contribution in [-0.2, 0) is 19.7 Å². The third kappa shape index (κ3) is 2.67. The number of Topliss-reactive ketones (excluding diaryl/α,β-unsaturated/α-hetero) is 1. The molecule has 102 valence electrons. The minimum atomic E-state index is -1.01. The van der Waals surface area contributed by atoms with E-state index in [4.69, 9.17) is 4.74 Å². The maximum absolute atomic E-state index is 13.3. The van der Waals surface area contributed by atoms with Crippen molar-refractivity contribution in [3.05, 3.63) is 35.6 Å². The summed E-state index contributed by atoms with van der Waals surface area (Å²) in [6, 6.07) is 5.82. The van der Waals surface area contributed by atoms with E-state index in [-0.39, 0.29) is 18.6 Å². The van der Waals surface area contributed by atoms with Gasteiger partial charge in [-0.1, -0.05) is 12.1 Å². The van der Waals surface area contributed by atoms with Crippen LogP contribution in [0.3, 0.4) is 0 Å². The molecule has 0 heterocycles. The van der Waals surface area contributed by atoms with Crippen LogP contribution in [0.15, 0.2) is 24.3 Å². The Labute approximate surface area is 111 Å². The smallest absolute Gasteiger partial charge is 0.317 e. The lowest BCUT2D eigenvalue weighted by atomic mass is 9.63. The molecule has 4 heteroatoms. The maximum Gasteiger partial charge on any atom is 0.317 e. The highest BCUT2D eigenvalue weighted by molar-refractivity contribution is 6.02. The van der Waals surface area contributed by atoms with Gasteiger partial charge in [0.2, 0.25) is 0 Å². The van der Waals surface area contributed by atoms with Crippen LogP contribution in [0.5, 0.6) is 0 Å². The van der Waals surface area contributed by atoms with E-state index in [1.807, 2.05) is 0 Å². The van der Waals surface area contributed by atoms with Crippen molar-refractivity contribution in [2.24, 2.45) is 0 Å². The molecule has 2 rings (SSSR count). The molecule has 1 saturated carbocycles. The van der Waals surface area contributed by atoms with Crippen molar-refractivity contribution >= 4 is 11.8 Å². The second-order valence-corrected chi connectivity index (χ2v) is 5.99. The van der Waals surface area contributed by atoms with Gasteiger partial charge in [-0.3, -0.25) is 9.59 Å². The SMILES string of the molecule is CC(C)(C)OC(=O)C1(c2cccc(F)c2)CC(=O)C1. The van der Waals surface area contributed by atoms with Crippen LogP contribution in [0, 0.1) is 5.82 Å². The first-order valence-electron chi connectivity index (χ1n) is 6.24. The fourth-order valence-corrected chi connectivity index (χ4v) is 2.25. The molecule has 1 fully saturated rings. The third-order valence-electron chi connectivity index (χ3n) is 3.16. The minimum Gasteiger partial charge on any atom is -0.459 e. The zero-order valence-electron chi connectivity index (χ0n) is 11.3. The number of esters is 1. The van der Waals surface area contributed by atoms with E-state index in [0.717, 1.165) is 0 Å². The van der Waals surface area contributed by atoms with Gasteiger partial charge >= 0.3 is 5.97 Å². The molecule has 19 heavy (non-hydrogen) atoms. The normalized spacial score (nSPS) is 17.8. The van der Waals surface area contributed by atoms with Crippen molar-refractivity contribution in [1.29, 1.82) is 0 Å². The Balaban J connectivity index is 2.34. The predicted octanol–water partition coefficient (Wildman–Crippen LogP) is 2.77. The quantitative estimate of drug-likeness (QED) is 0.771. The summed E-state index contributed by atoms with van der Waals surface area (Å²) in [5, 5.41) is 0.